The van der Waals surface area contributed by atoms with Gasteiger partial charge in [0.05, 0.1) is 26.0 Å². The van der Waals surface area contributed by atoms with Crippen molar-refractivity contribution in [3.05, 3.63) is 107 Å². The van der Waals surface area contributed by atoms with Gasteiger partial charge in [0, 0.05) is 29.0 Å². The topological polar surface area (TPSA) is 56.3 Å². The molecule has 0 aliphatic heterocycles. The molecule has 0 bridgehead atoms. The minimum absolute atomic E-state index is 0.403. The van der Waals surface area contributed by atoms with E-state index in [9.17, 15) is 0 Å². The molecule has 4 rings (SSSR count). The lowest BCUT2D eigenvalue weighted by Crippen LogP contribution is -2.01. The zero-order valence-electron chi connectivity index (χ0n) is 17.8. The number of benzene rings is 3. The Hall–Kier alpha value is -3.41. The number of methoxy groups -OCH3 is 1. The second kappa shape index (κ2) is 10.8. The van der Waals surface area contributed by atoms with Gasteiger partial charge in [0.2, 0.25) is 0 Å². The highest BCUT2D eigenvalue weighted by molar-refractivity contribution is 6.30. The summed E-state index contributed by atoms with van der Waals surface area (Å²) in [5.74, 6) is 0.831. The predicted molar refractivity (Wildman–Crippen MR) is 128 cm³/mol. The van der Waals surface area contributed by atoms with E-state index in [1.54, 1.807) is 13.4 Å². The fourth-order valence-electron chi connectivity index (χ4n) is 3.27. The average molecular weight is 446 g/mol. The van der Waals surface area contributed by atoms with E-state index in [0.29, 0.717) is 13.2 Å². The van der Waals surface area contributed by atoms with Crippen molar-refractivity contribution in [2.45, 2.75) is 19.8 Å². The molecule has 4 aromatic rings. The maximum absolute atomic E-state index is 5.95. The van der Waals surface area contributed by atoms with Crippen LogP contribution >= 0.6 is 11.6 Å². The lowest BCUT2D eigenvalue weighted by molar-refractivity contribution is 0.105. The van der Waals surface area contributed by atoms with Gasteiger partial charge >= 0.3 is 0 Å². The lowest BCUT2D eigenvalue weighted by atomic mass is 10.1. The van der Waals surface area contributed by atoms with E-state index in [2.05, 4.69) is 39.6 Å². The molecule has 32 heavy (non-hydrogen) atoms. The summed E-state index contributed by atoms with van der Waals surface area (Å²) in [6, 6.07) is 23.9. The first-order valence-electron chi connectivity index (χ1n) is 10.3. The Morgan fingerprint density at radius 2 is 1.56 bits per heavy atom. The summed E-state index contributed by atoms with van der Waals surface area (Å²) in [4.78, 5) is 8.64. The molecule has 1 aromatic heterocycles. The maximum atomic E-state index is 5.95. The van der Waals surface area contributed by atoms with E-state index in [0.717, 1.165) is 45.4 Å². The van der Waals surface area contributed by atoms with Crippen molar-refractivity contribution in [2.24, 2.45) is 0 Å². The van der Waals surface area contributed by atoms with Gasteiger partial charge in [-0.1, -0.05) is 48.0 Å². The minimum Gasteiger partial charge on any atom is -0.497 e. The van der Waals surface area contributed by atoms with E-state index in [4.69, 9.17) is 21.1 Å². The molecule has 0 spiro atoms. The fraction of sp³-hybridized carbons (Fsp3) is 0.154. The zero-order valence-corrected chi connectivity index (χ0v) is 18.5. The van der Waals surface area contributed by atoms with Crippen LogP contribution in [0.1, 0.15) is 16.8 Å². The molecule has 1 N–H and O–H groups in total. The van der Waals surface area contributed by atoms with E-state index < -0.39 is 0 Å². The van der Waals surface area contributed by atoms with Gasteiger partial charge in [-0.05, 0) is 53.1 Å². The molecule has 1 heterocycles. The summed E-state index contributed by atoms with van der Waals surface area (Å²) in [6.45, 7) is 1.64. The number of aromatic nitrogens is 2. The van der Waals surface area contributed by atoms with Crippen LogP contribution in [0.25, 0.3) is 11.1 Å². The minimum atomic E-state index is 0.403. The molecule has 0 aliphatic carbocycles. The summed E-state index contributed by atoms with van der Waals surface area (Å²) in [7, 11) is 1.66. The van der Waals surface area contributed by atoms with Crippen LogP contribution < -0.4 is 10.1 Å². The summed E-state index contributed by atoms with van der Waals surface area (Å²) in [5.41, 5.74) is 6.16. The van der Waals surface area contributed by atoms with Crippen molar-refractivity contribution in [3.8, 4) is 16.9 Å². The third-order valence-corrected chi connectivity index (χ3v) is 5.32. The van der Waals surface area contributed by atoms with E-state index in [-0.39, 0.29) is 0 Å². The van der Waals surface area contributed by atoms with Gasteiger partial charge in [-0.2, -0.15) is 0 Å². The first-order chi connectivity index (χ1) is 15.7. The molecule has 0 radical (unpaired) electrons. The largest absolute Gasteiger partial charge is 0.497 e. The summed E-state index contributed by atoms with van der Waals surface area (Å²) >= 11 is 5.95. The van der Waals surface area contributed by atoms with Crippen LogP contribution in [-0.4, -0.2) is 17.1 Å². The Morgan fingerprint density at radius 3 is 2.28 bits per heavy atom. The van der Waals surface area contributed by atoms with E-state index in [1.165, 1.54) is 5.56 Å². The van der Waals surface area contributed by atoms with Crippen molar-refractivity contribution >= 4 is 17.3 Å². The quantitative estimate of drug-likeness (QED) is 0.335. The number of rotatable bonds is 9. The molecule has 0 fully saturated rings. The Kier molecular flexibility index (Phi) is 7.33. The second-order valence-electron chi connectivity index (χ2n) is 7.28. The molecular formula is C26H24ClN3O2. The molecular weight excluding hydrogens is 422 g/mol. The van der Waals surface area contributed by atoms with Gasteiger partial charge in [-0.25, -0.2) is 9.97 Å². The summed E-state index contributed by atoms with van der Waals surface area (Å²) < 4.78 is 11.1. The first kappa shape index (κ1) is 21.8. The van der Waals surface area contributed by atoms with Gasteiger partial charge in [-0.15, -0.1) is 0 Å². The van der Waals surface area contributed by atoms with E-state index >= 15 is 0 Å². The monoisotopic (exact) mass is 445 g/mol. The molecule has 5 nitrogen and oxygen atoms in total. The van der Waals surface area contributed by atoms with Crippen LogP contribution in [0.4, 0.5) is 5.69 Å². The van der Waals surface area contributed by atoms with E-state index in [1.807, 2.05) is 54.7 Å². The van der Waals surface area contributed by atoms with Gasteiger partial charge in [0.15, 0.2) is 0 Å². The number of hydrogen-bond donors (Lipinski definition) is 1. The molecule has 0 amide bonds. The third-order valence-electron chi connectivity index (χ3n) is 5.07. The average Bonchev–Trinajstić information content (AvgIpc) is 2.85. The number of nitrogens with one attached hydrogen (secondary N) is 1. The van der Waals surface area contributed by atoms with Crippen LogP contribution in [-0.2, 0) is 24.5 Å². The molecule has 0 saturated carbocycles. The fourth-order valence-corrected chi connectivity index (χ4v) is 3.40. The molecule has 0 aliphatic rings. The Labute approximate surface area is 193 Å². The molecule has 162 valence electrons. The summed E-state index contributed by atoms with van der Waals surface area (Å²) in [6.07, 6.45) is 3.38. The highest BCUT2D eigenvalue weighted by Crippen LogP contribution is 2.24. The molecule has 0 unspecified atom stereocenters. The first-order valence-corrected chi connectivity index (χ1v) is 10.7. The number of anilines is 1. The Bertz CT molecular complexity index is 1130. The highest BCUT2D eigenvalue weighted by Gasteiger charge is 2.08. The second-order valence-corrected chi connectivity index (χ2v) is 7.72. The van der Waals surface area contributed by atoms with Crippen LogP contribution in [0.15, 0.2) is 85.3 Å². The Balaban J connectivity index is 1.37. The molecule has 0 atom stereocenters. The van der Waals surface area contributed by atoms with Gasteiger partial charge in [-0.3, -0.25) is 0 Å². The Morgan fingerprint density at radius 1 is 0.844 bits per heavy atom. The lowest BCUT2D eigenvalue weighted by Gasteiger charge is -2.11. The van der Waals surface area contributed by atoms with Gasteiger partial charge < -0.3 is 14.8 Å². The smallest absolute Gasteiger partial charge is 0.118 e. The zero-order chi connectivity index (χ0) is 22.2. The van der Waals surface area contributed by atoms with Crippen molar-refractivity contribution in [2.75, 3.05) is 12.4 Å². The van der Waals surface area contributed by atoms with Crippen LogP contribution in [0.5, 0.6) is 5.75 Å². The highest BCUT2D eigenvalue weighted by atomic mass is 35.5. The van der Waals surface area contributed by atoms with Crippen LogP contribution in [0, 0.1) is 0 Å². The normalized spacial score (nSPS) is 10.7. The summed E-state index contributed by atoms with van der Waals surface area (Å²) in [5, 5.41) is 4.17. The predicted octanol–water partition coefficient (Wildman–Crippen LogP) is 6.13. The molecule has 0 saturated heterocycles. The number of nitrogens with zero attached hydrogens (tertiary/aromatic N) is 2. The molecule has 3 aromatic carbocycles. The van der Waals surface area contributed by atoms with Crippen molar-refractivity contribution in [1.29, 1.82) is 0 Å². The number of hydrogen-bond acceptors (Lipinski definition) is 5. The van der Waals surface area contributed by atoms with Crippen molar-refractivity contribution < 1.29 is 9.47 Å². The SMILES string of the molecule is COc1ccc(COCc2ncncc2-c2ccc(NCc3ccc(Cl)cc3)cc2)cc1. The van der Waals surface area contributed by atoms with Gasteiger partial charge in [0.1, 0.15) is 12.1 Å². The standard InChI is InChI=1S/C26H24ClN3O2/c1-31-24-12-4-20(5-13-24)16-32-17-26-25(15-28-18-30-26)21-6-10-23(11-7-21)29-14-19-2-8-22(27)9-3-19/h2-13,15,18,29H,14,16-17H2,1H3. The van der Waals surface area contributed by atoms with Crippen molar-refractivity contribution in [1.82, 2.24) is 9.97 Å². The molecule has 6 heteroatoms. The number of halogens is 1. The maximum Gasteiger partial charge on any atom is 0.118 e. The van der Waals surface area contributed by atoms with Crippen LogP contribution in [0.3, 0.4) is 0 Å². The third kappa shape index (κ3) is 5.84. The van der Waals surface area contributed by atoms with Crippen LogP contribution in [0.2, 0.25) is 5.02 Å². The number of ether oxygens (including phenoxy) is 2. The van der Waals surface area contributed by atoms with Crippen molar-refractivity contribution in [3.63, 3.8) is 0 Å². The van der Waals surface area contributed by atoms with Gasteiger partial charge in [0.25, 0.3) is 0 Å².